The maximum Gasteiger partial charge on any atom is 0.194 e. The molecule has 2 aromatic rings. The average molecular weight is 296 g/mol. The Hall–Kier alpha value is -1.86. The normalized spacial score (nSPS) is 16.8. The molecular formula is C14H15F3N4. The summed E-state index contributed by atoms with van der Waals surface area (Å²) in [6, 6.07) is 1.65. The third kappa shape index (κ3) is 2.54. The quantitative estimate of drug-likeness (QED) is 0.879. The third-order valence-corrected chi connectivity index (χ3v) is 3.83. The summed E-state index contributed by atoms with van der Waals surface area (Å²) < 4.78 is 41.9. The summed E-state index contributed by atoms with van der Waals surface area (Å²) in [5, 5.41) is 0. The molecule has 0 bridgehead atoms. The fraction of sp³-hybridized carbons (Fsp3) is 0.357. The van der Waals surface area contributed by atoms with Gasteiger partial charge in [0, 0.05) is 38.1 Å². The van der Waals surface area contributed by atoms with Crippen LogP contribution in [0.4, 0.5) is 13.2 Å². The van der Waals surface area contributed by atoms with Crippen molar-refractivity contribution in [3.8, 4) is 0 Å². The monoisotopic (exact) mass is 296 g/mol. The molecule has 0 aliphatic carbocycles. The molecule has 1 atom stereocenters. The number of nitrogens with two attached hydrogens (primary N) is 1. The van der Waals surface area contributed by atoms with E-state index in [4.69, 9.17) is 5.73 Å². The van der Waals surface area contributed by atoms with Gasteiger partial charge in [0.1, 0.15) is 5.82 Å². The predicted molar refractivity (Wildman–Crippen MR) is 70.7 cm³/mol. The smallest absolute Gasteiger partial charge is 0.194 e. The van der Waals surface area contributed by atoms with Crippen molar-refractivity contribution < 1.29 is 13.2 Å². The first-order valence-corrected chi connectivity index (χ1v) is 6.68. The number of halogens is 3. The number of hydrogen-bond acceptors (Lipinski definition) is 3. The van der Waals surface area contributed by atoms with E-state index in [1.165, 1.54) is 0 Å². The molecule has 2 heterocycles. The lowest BCUT2D eigenvalue weighted by atomic mass is 10.0. The van der Waals surface area contributed by atoms with Gasteiger partial charge in [-0.2, -0.15) is 0 Å². The van der Waals surface area contributed by atoms with Crippen LogP contribution < -0.4 is 5.73 Å². The molecule has 0 fully saturated rings. The van der Waals surface area contributed by atoms with Gasteiger partial charge < -0.3 is 10.3 Å². The highest BCUT2D eigenvalue weighted by Crippen LogP contribution is 2.26. The summed E-state index contributed by atoms with van der Waals surface area (Å²) in [5.74, 6) is -2.96. The van der Waals surface area contributed by atoms with Crippen molar-refractivity contribution in [1.29, 1.82) is 0 Å². The van der Waals surface area contributed by atoms with Gasteiger partial charge in [0.05, 0.1) is 6.54 Å². The number of fused-ring (bicyclic) bond motifs is 1. The summed E-state index contributed by atoms with van der Waals surface area (Å²) >= 11 is 0. The second kappa shape index (κ2) is 5.50. The van der Waals surface area contributed by atoms with E-state index in [2.05, 4.69) is 4.98 Å². The maximum absolute atomic E-state index is 13.4. The van der Waals surface area contributed by atoms with Gasteiger partial charge >= 0.3 is 0 Å². The summed E-state index contributed by atoms with van der Waals surface area (Å²) in [4.78, 5) is 6.23. The van der Waals surface area contributed by atoms with Crippen molar-refractivity contribution in [2.45, 2.75) is 19.1 Å². The van der Waals surface area contributed by atoms with E-state index in [9.17, 15) is 13.2 Å². The van der Waals surface area contributed by atoms with Gasteiger partial charge in [0.15, 0.2) is 17.5 Å². The Kier molecular flexibility index (Phi) is 3.69. The number of imidazole rings is 1. The molecule has 0 saturated carbocycles. The first-order valence-electron chi connectivity index (χ1n) is 6.68. The van der Waals surface area contributed by atoms with Crippen LogP contribution in [0.1, 0.15) is 17.4 Å². The minimum absolute atomic E-state index is 0.186. The van der Waals surface area contributed by atoms with E-state index in [0.717, 1.165) is 24.5 Å². The highest BCUT2D eigenvalue weighted by molar-refractivity contribution is 5.23. The van der Waals surface area contributed by atoms with Crippen molar-refractivity contribution in [3.05, 3.63) is 53.4 Å². The molecule has 2 N–H and O–H groups in total. The van der Waals surface area contributed by atoms with Gasteiger partial charge in [-0.05, 0) is 17.7 Å². The van der Waals surface area contributed by atoms with Crippen LogP contribution in [0.15, 0.2) is 24.5 Å². The van der Waals surface area contributed by atoms with Crippen LogP contribution in [0.25, 0.3) is 0 Å². The van der Waals surface area contributed by atoms with Crippen LogP contribution >= 0.6 is 0 Å². The van der Waals surface area contributed by atoms with Gasteiger partial charge in [0.25, 0.3) is 0 Å². The molecule has 1 aromatic heterocycles. The molecule has 0 saturated heterocycles. The molecule has 0 spiro atoms. The number of rotatable bonds is 3. The molecule has 4 nitrogen and oxygen atoms in total. The molecule has 21 heavy (non-hydrogen) atoms. The van der Waals surface area contributed by atoms with Gasteiger partial charge in [-0.25, -0.2) is 18.2 Å². The van der Waals surface area contributed by atoms with E-state index >= 15 is 0 Å². The van der Waals surface area contributed by atoms with Gasteiger partial charge in [-0.15, -0.1) is 0 Å². The van der Waals surface area contributed by atoms with Gasteiger partial charge in [-0.1, -0.05) is 0 Å². The summed E-state index contributed by atoms with van der Waals surface area (Å²) in [7, 11) is 0. The van der Waals surface area contributed by atoms with Crippen LogP contribution in [0.3, 0.4) is 0 Å². The fourth-order valence-electron chi connectivity index (χ4n) is 2.72. The highest BCUT2D eigenvalue weighted by atomic mass is 19.2. The van der Waals surface area contributed by atoms with E-state index in [-0.39, 0.29) is 12.6 Å². The number of hydrogen-bond donors (Lipinski definition) is 1. The number of aromatic nitrogens is 2. The molecule has 1 aromatic carbocycles. The molecule has 0 radical (unpaired) electrons. The molecule has 7 heteroatoms. The molecule has 3 rings (SSSR count). The lowest BCUT2D eigenvalue weighted by molar-refractivity contribution is 0.155. The first-order chi connectivity index (χ1) is 10.1. The fourth-order valence-corrected chi connectivity index (χ4v) is 2.72. The predicted octanol–water partition coefficient (Wildman–Crippen LogP) is 1.82. The lowest BCUT2D eigenvalue weighted by Crippen LogP contribution is -2.39. The number of nitrogens with zero attached hydrogens (tertiary/aromatic N) is 3. The van der Waals surface area contributed by atoms with Gasteiger partial charge in [0.2, 0.25) is 0 Å². The maximum atomic E-state index is 13.4. The zero-order chi connectivity index (χ0) is 15.0. The molecule has 1 aliphatic rings. The van der Waals surface area contributed by atoms with E-state index in [1.54, 1.807) is 6.20 Å². The topological polar surface area (TPSA) is 47.1 Å². The summed E-state index contributed by atoms with van der Waals surface area (Å²) in [5.41, 5.74) is 6.10. The molecular weight excluding hydrogens is 281 g/mol. The Labute approximate surface area is 120 Å². The zero-order valence-electron chi connectivity index (χ0n) is 11.3. The summed E-state index contributed by atoms with van der Waals surface area (Å²) in [6.07, 6.45) is 3.61. The number of benzene rings is 1. The van der Waals surface area contributed by atoms with Gasteiger partial charge in [-0.3, -0.25) is 4.90 Å². The van der Waals surface area contributed by atoms with Crippen molar-refractivity contribution in [2.24, 2.45) is 5.73 Å². The molecule has 112 valence electrons. The van der Waals surface area contributed by atoms with Crippen LogP contribution in [0, 0.1) is 17.5 Å². The highest BCUT2D eigenvalue weighted by Gasteiger charge is 2.26. The zero-order valence-corrected chi connectivity index (χ0v) is 11.3. The van der Waals surface area contributed by atoms with Crippen LogP contribution in [0.2, 0.25) is 0 Å². The van der Waals surface area contributed by atoms with Crippen LogP contribution in [-0.4, -0.2) is 27.5 Å². The van der Waals surface area contributed by atoms with Crippen molar-refractivity contribution in [1.82, 2.24) is 14.5 Å². The van der Waals surface area contributed by atoms with Crippen LogP contribution in [-0.2, 0) is 13.1 Å². The summed E-state index contributed by atoms with van der Waals surface area (Å²) in [6.45, 7) is 2.14. The minimum Gasteiger partial charge on any atom is -0.333 e. The Bertz CT molecular complexity index is 632. The van der Waals surface area contributed by atoms with E-state index in [0.29, 0.717) is 18.7 Å². The molecule has 1 aliphatic heterocycles. The van der Waals surface area contributed by atoms with E-state index < -0.39 is 17.5 Å². The van der Waals surface area contributed by atoms with Crippen LogP contribution in [0.5, 0.6) is 0 Å². The minimum atomic E-state index is -1.45. The molecule has 1 unspecified atom stereocenters. The van der Waals surface area contributed by atoms with Crippen molar-refractivity contribution in [2.75, 3.05) is 13.1 Å². The molecule has 0 amide bonds. The Morgan fingerprint density at radius 3 is 2.57 bits per heavy atom. The van der Waals surface area contributed by atoms with E-state index in [1.807, 2.05) is 15.7 Å². The second-order valence-corrected chi connectivity index (χ2v) is 5.06. The Morgan fingerprint density at radius 2 is 1.90 bits per heavy atom. The lowest BCUT2D eigenvalue weighted by Gasteiger charge is -2.34. The Balaban J connectivity index is 1.89. The average Bonchev–Trinajstić information content (AvgIpc) is 2.93. The standard InChI is InChI=1S/C14H15F3N4/c15-10-5-9(6-11(16)14(10)17)12(7-18)21-4-3-20-2-1-19-13(20)8-21/h1-2,5-6,12H,3-4,7-8,18H2. The first kappa shape index (κ1) is 14.1. The van der Waals surface area contributed by atoms with Crippen molar-refractivity contribution >= 4 is 0 Å². The largest absolute Gasteiger partial charge is 0.333 e. The Morgan fingerprint density at radius 1 is 1.19 bits per heavy atom. The second-order valence-electron chi connectivity index (χ2n) is 5.06. The SMILES string of the molecule is NCC(c1cc(F)c(F)c(F)c1)N1CCn2ccnc2C1. The third-order valence-electron chi connectivity index (χ3n) is 3.83. The van der Waals surface area contributed by atoms with Crippen molar-refractivity contribution in [3.63, 3.8) is 0 Å².